The molecule has 0 aliphatic rings. The first-order valence-electron chi connectivity index (χ1n) is 8.66. The summed E-state index contributed by atoms with van der Waals surface area (Å²) in [5.74, 6) is 0.400. The molecular weight excluding hydrogens is 414 g/mol. The summed E-state index contributed by atoms with van der Waals surface area (Å²) >= 11 is 6.10. The molecule has 2 aromatic carbocycles. The van der Waals surface area contributed by atoms with Crippen LogP contribution in [0.25, 0.3) is 0 Å². The molecule has 2 N–H and O–H groups in total. The second kappa shape index (κ2) is 8.93. The van der Waals surface area contributed by atoms with E-state index in [0.29, 0.717) is 23.9 Å². The zero-order chi connectivity index (χ0) is 20.9. The number of nitrogens with one attached hydrogen (secondary N) is 2. The van der Waals surface area contributed by atoms with Gasteiger partial charge in [-0.05, 0) is 61.5 Å². The van der Waals surface area contributed by atoms with Gasteiger partial charge in [0.2, 0.25) is 0 Å². The van der Waals surface area contributed by atoms with Crippen molar-refractivity contribution in [1.82, 2.24) is 4.98 Å². The fourth-order valence-corrected chi connectivity index (χ4v) is 3.75. The number of carbonyl (C=O) groups is 1. The van der Waals surface area contributed by atoms with E-state index in [1.54, 1.807) is 42.5 Å². The van der Waals surface area contributed by atoms with Gasteiger partial charge in [0.05, 0.1) is 22.1 Å². The molecule has 0 atom stereocenters. The van der Waals surface area contributed by atoms with Gasteiger partial charge in [-0.3, -0.25) is 9.52 Å². The number of rotatable bonds is 7. The second-order valence-corrected chi connectivity index (χ2v) is 7.96. The minimum Gasteiger partial charge on any atom is -0.494 e. The topological polar surface area (TPSA) is 97.4 Å². The average molecular weight is 432 g/mol. The van der Waals surface area contributed by atoms with E-state index in [9.17, 15) is 13.2 Å². The smallest absolute Gasteiger partial charge is 0.261 e. The second-order valence-electron chi connectivity index (χ2n) is 5.87. The van der Waals surface area contributed by atoms with Crippen molar-refractivity contribution >= 4 is 39.0 Å². The van der Waals surface area contributed by atoms with Crippen LogP contribution < -0.4 is 14.8 Å². The van der Waals surface area contributed by atoms with Gasteiger partial charge < -0.3 is 10.1 Å². The number of hydrogen-bond donors (Lipinski definition) is 2. The standard InChI is InChI=1S/C20H18ClN3O4S/c1-2-28-15-8-6-14(7-9-15)24-29(26,27)16-10-11-18(21)17(13-16)20(25)23-19-5-3-4-12-22-19/h3-13,24H,2H2,1H3,(H,22,23,25). The Morgan fingerprint density at radius 3 is 2.52 bits per heavy atom. The van der Waals surface area contributed by atoms with Gasteiger partial charge in [-0.1, -0.05) is 17.7 Å². The molecule has 1 aromatic heterocycles. The molecule has 0 radical (unpaired) electrons. The van der Waals surface area contributed by atoms with Gasteiger partial charge in [0.25, 0.3) is 15.9 Å². The molecule has 0 aliphatic heterocycles. The Hall–Kier alpha value is -3.10. The zero-order valence-corrected chi connectivity index (χ0v) is 17.0. The third kappa shape index (κ3) is 5.24. The van der Waals surface area contributed by atoms with Crippen molar-refractivity contribution in [2.75, 3.05) is 16.6 Å². The third-order valence-electron chi connectivity index (χ3n) is 3.82. The van der Waals surface area contributed by atoms with Crippen LogP contribution in [0.5, 0.6) is 5.75 Å². The summed E-state index contributed by atoms with van der Waals surface area (Å²) in [4.78, 5) is 16.4. The minimum atomic E-state index is -3.93. The first-order chi connectivity index (χ1) is 13.9. The van der Waals surface area contributed by atoms with E-state index in [-0.39, 0.29) is 15.5 Å². The molecule has 29 heavy (non-hydrogen) atoms. The number of benzene rings is 2. The lowest BCUT2D eigenvalue weighted by Crippen LogP contribution is -2.16. The fourth-order valence-electron chi connectivity index (χ4n) is 2.47. The first kappa shape index (κ1) is 20.6. The number of hydrogen-bond acceptors (Lipinski definition) is 5. The molecule has 150 valence electrons. The van der Waals surface area contributed by atoms with E-state index in [4.69, 9.17) is 16.3 Å². The summed E-state index contributed by atoms with van der Waals surface area (Å²) in [5, 5.41) is 2.71. The SMILES string of the molecule is CCOc1ccc(NS(=O)(=O)c2ccc(Cl)c(C(=O)Nc3ccccn3)c2)cc1. The summed E-state index contributed by atoms with van der Waals surface area (Å²) in [6.07, 6.45) is 1.53. The van der Waals surface area contributed by atoms with Gasteiger partial charge in [0, 0.05) is 11.9 Å². The highest BCUT2D eigenvalue weighted by molar-refractivity contribution is 7.92. The molecule has 0 aliphatic carbocycles. The maximum absolute atomic E-state index is 12.7. The van der Waals surface area contributed by atoms with E-state index in [0.717, 1.165) is 0 Å². The zero-order valence-electron chi connectivity index (χ0n) is 15.4. The van der Waals surface area contributed by atoms with Crippen molar-refractivity contribution in [3.05, 3.63) is 77.4 Å². The van der Waals surface area contributed by atoms with Crippen LogP contribution in [-0.2, 0) is 10.0 Å². The summed E-state index contributed by atoms with van der Waals surface area (Å²) in [7, 11) is -3.93. The van der Waals surface area contributed by atoms with E-state index >= 15 is 0 Å². The highest BCUT2D eigenvalue weighted by Crippen LogP contribution is 2.24. The maximum atomic E-state index is 12.7. The largest absolute Gasteiger partial charge is 0.494 e. The van der Waals surface area contributed by atoms with Crippen molar-refractivity contribution in [1.29, 1.82) is 0 Å². The Labute approximate surface area is 173 Å². The number of nitrogens with zero attached hydrogens (tertiary/aromatic N) is 1. The Bertz CT molecular complexity index is 1100. The predicted molar refractivity (Wildman–Crippen MR) is 112 cm³/mol. The molecule has 0 bridgehead atoms. The molecular formula is C20H18ClN3O4S. The van der Waals surface area contributed by atoms with E-state index in [2.05, 4.69) is 15.0 Å². The summed E-state index contributed by atoms with van der Waals surface area (Å²) < 4.78 is 33.3. The Balaban J connectivity index is 1.82. The molecule has 3 rings (SSSR count). The Morgan fingerprint density at radius 1 is 1.10 bits per heavy atom. The molecule has 1 heterocycles. The first-order valence-corrected chi connectivity index (χ1v) is 10.5. The number of amides is 1. The van der Waals surface area contributed by atoms with Crippen molar-refractivity contribution in [2.45, 2.75) is 11.8 Å². The van der Waals surface area contributed by atoms with Crippen LogP contribution in [0.2, 0.25) is 5.02 Å². The number of aromatic nitrogens is 1. The molecule has 3 aromatic rings. The molecule has 0 fully saturated rings. The van der Waals surface area contributed by atoms with Gasteiger partial charge in [0.15, 0.2) is 0 Å². The number of carbonyl (C=O) groups excluding carboxylic acids is 1. The maximum Gasteiger partial charge on any atom is 0.261 e. The van der Waals surface area contributed by atoms with Crippen LogP contribution in [0.1, 0.15) is 17.3 Å². The number of pyridine rings is 1. The van der Waals surface area contributed by atoms with Crippen LogP contribution >= 0.6 is 11.6 Å². The molecule has 0 saturated heterocycles. The monoisotopic (exact) mass is 431 g/mol. The van der Waals surface area contributed by atoms with Crippen LogP contribution in [0.15, 0.2) is 71.8 Å². The minimum absolute atomic E-state index is 0.0203. The van der Waals surface area contributed by atoms with Gasteiger partial charge in [0.1, 0.15) is 11.6 Å². The predicted octanol–water partition coefficient (Wildman–Crippen LogP) is 4.19. The van der Waals surface area contributed by atoms with Crippen LogP contribution in [0.4, 0.5) is 11.5 Å². The number of sulfonamides is 1. The highest BCUT2D eigenvalue weighted by Gasteiger charge is 2.19. The lowest BCUT2D eigenvalue weighted by Gasteiger charge is -2.11. The molecule has 7 nitrogen and oxygen atoms in total. The Morgan fingerprint density at radius 2 is 1.86 bits per heavy atom. The summed E-state index contributed by atoms with van der Waals surface area (Å²) in [6, 6.07) is 15.5. The third-order valence-corrected chi connectivity index (χ3v) is 5.53. The van der Waals surface area contributed by atoms with Crippen LogP contribution in [0.3, 0.4) is 0 Å². The molecule has 1 amide bonds. The molecule has 0 spiro atoms. The van der Waals surface area contributed by atoms with Crippen molar-refractivity contribution < 1.29 is 17.9 Å². The molecule has 0 saturated carbocycles. The van der Waals surface area contributed by atoms with Crippen LogP contribution in [0, 0.1) is 0 Å². The number of anilines is 2. The lowest BCUT2D eigenvalue weighted by atomic mass is 10.2. The highest BCUT2D eigenvalue weighted by atomic mass is 35.5. The summed E-state index contributed by atoms with van der Waals surface area (Å²) in [5.41, 5.74) is 0.384. The number of halogens is 1. The molecule has 0 unspecified atom stereocenters. The van der Waals surface area contributed by atoms with Gasteiger partial charge in [-0.15, -0.1) is 0 Å². The average Bonchev–Trinajstić information content (AvgIpc) is 2.70. The quantitative estimate of drug-likeness (QED) is 0.584. The van der Waals surface area contributed by atoms with Gasteiger partial charge in [-0.2, -0.15) is 0 Å². The van der Waals surface area contributed by atoms with Crippen molar-refractivity contribution in [2.24, 2.45) is 0 Å². The Kier molecular flexibility index (Phi) is 6.36. The van der Waals surface area contributed by atoms with Crippen molar-refractivity contribution in [3.8, 4) is 5.75 Å². The van der Waals surface area contributed by atoms with Crippen LogP contribution in [-0.4, -0.2) is 25.9 Å². The number of ether oxygens (including phenoxy) is 1. The fraction of sp³-hybridized carbons (Fsp3) is 0.100. The normalized spacial score (nSPS) is 11.0. The van der Waals surface area contributed by atoms with Crippen molar-refractivity contribution in [3.63, 3.8) is 0 Å². The van der Waals surface area contributed by atoms with E-state index < -0.39 is 15.9 Å². The van der Waals surface area contributed by atoms with E-state index in [1.807, 2.05) is 6.92 Å². The van der Waals surface area contributed by atoms with Gasteiger partial charge >= 0.3 is 0 Å². The molecule has 9 heteroatoms. The summed E-state index contributed by atoms with van der Waals surface area (Å²) in [6.45, 7) is 2.37. The van der Waals surface area contributed by atoms with Gasteiger partial charge in [-0.25, -0.2) is 13.4 Å². The lowest BCUT2D eigenvalue weighted by molar-refractivity contribution is 0.102. The van der Waals surface area contributed by atoms with E-state index in [1.165, 1.54) is 24.4 Å².